The van der Waals surface area contributed by atoms with Gasteiger partial charge in [-0.15, -0.1) is 0 Å². The van der Waals surface area contributed by atoms with E-state index in [1.165, 1.54) is 6.33 Å². The lowest BCUT2D eigenvalue weighted by atomic mass is 10.2. The highest BCUT2D eigenvalue weighted by molar-refractivity contribution is 6.30. The molecule has 1 aromatic heterocycles. The van der Waals surface area contributed by atoms with E-state index in [0.29, 0.717) is 12.5 Å². The van der Waals surface area contributed by atoms with Crippen molar-refractivity contribution in [3.8, 4) is 5.88 Å². The average molecular weight is 278 g/mol. The molecule has 2 rings (SSSR count). The average Bonchev–Trinajstić information content (AvgIpc) is 2.45. The first-order valence-corrected chi connectivity index (χ1v) is 6.59. The summed E-state index contributed by atoms with van der Waals surface area (Å²) in [5.41, 5.74) is 1.05. The van der Waals surface area contributed by atoms with Gasteiger partial charge in [0.15, 0.2) is 0 Å². The predicted molar refractivity (Wildman–Crippen MR) is 76.6 cm³/mol. The molecular weight excluding hydrogens is 262 g/mol. The summed E-state index contributed by atoms with van der Waals surface area (Å²) in [5.74, 6) is 1.34. The highest BCUT2D eigenvalue weighted by Crippen LogP contribution is 2.14. The van der Waals surface area contributed by atoms with Crippen molar-refractivity contribution in [3.05, 3.63) is 47.2 Å². The maximum Gasteiger partial charge on any atom is 0.218 e. The minimum absolute atomic E-state index is 0.460. The fourth-order valence-corrected chi connectivity index (χ4v) is 1.63. The third kappa shape index (κ3) is 4.41. The van der Waals surface area contributed by atoms with Crippen LogP contribution in [-0.2, 0) is 6.61 Å². The number of anilines is 1. The summed E-state index contributed by atoms with van der Waals surface area (Å²) in [6.45, 7) is 3.45. The molecule has 0 unspecified atom stereocenters. The Kier molecular flexibility index (Phi) is 4.98. The second-order valence-electron chi connectivity index (χ2n) is 4.08. The monoisotopic (exact) mass is 277 g/mol. The summed E-state index contributed by atoms with van der Waals surface area (Å²) in [4.78, 5) is 8.20. The van der Waals surface area contributed by atoms with Crippen LogP contribution in [0.15, 0.2) is 36.7 Å². The smallest absolute Gasteiger partial charge is 0.218 e. The Bertz CT molecular complexity index is 516. The quantitative estimate of drug-likeness (QED) is 0.877. The maximum absolute atomic E-state index is 5.83. The van der Waals surface area contributed by atoms with Gasteiger partial charge in [-0.05, 0) is 24.1 Å². The summed E-state index contributed by atoms with van der Waals surface area (Å²) in [6.07, 6.45) is 2.54. The van der Waals surface area contributed by atoms with Crippen molar-refractivity contribution in [1.82, 2.24) is 9.97 Å². The van der Waals surface area contributed by atoms with Crippen LogP contribution in [0.5, 0.6) is 5.88 Å². The first kappa shape index (κ1) is 13.6. The minimum atomic E-state index is 0.460. The van der Waals surface area contributed by atoms with Gasteiger partial charge in [-0.3, -0.25) is 0 Å². The van der Waals surface area contributed by atoms with E-state index in [0.717, 1.165) is 29.4 Å². The molecule has 0 spiro atoms. The largest absolute Gasteiger partial charge is 0.473 e. The van der Waals surface area contributed by atoms with Crippen LogP contribution in [0.3, 0.4) is 0 Å². The molecule has 0 radical (unpaired) electrons. The molecular formula is C14H16ClN3O. The first-order valence-electron chi connectivity index (χ1n) is 6.21. The molecule has 4 nitrogen and oxygen atoms in total. The van der Waals surface area contributed by atoms with Gasteiger partial charge in [-0.2, -0.15) is 0 Å². The van der Waals surface area contributed by atoms with Gasteiger partial charge < -0.3 is 10.1 Å². The van der Waals surface area contributed by atoms with Crippen molar-refractivity contribution in [3.63, 3.8) is 0 Å². The summed E-state index contributed by atoms with van der Waals surface area (Å²) >= 11 is 5.83. The van der Waals surface area contributed by atoms with Crippen LogP contribution in [-0.4, -0.2) is 16.5 Å². The maximum atomic E-state index is 5.83. The number of benzene rings is 1. The zero-order chi connectivity index (χ0) is 13.5. The Morgan fingerprint density at radius 1 is 1.21 bits per heavy atom. The van der Waals surface area contributed by atoms with E-state index in [9.17, 15) is 0 Å². The Morgan fingerprint density at radius 2 is 2.00 bits per heavy atom. The molecule has 1 aromatic carbocycles. The van der Waals surface area contributed by atoms with Crippen LogP contribution < -0.4 is 10.1 Å². The van der Waals surface area contributed by atoms with E-state index in [1.807, 2.05) is 24.3 Å². The lowest BCUT2D eigenvalue weighted by Crippen LogP contribution is -2.03. The van der Waals surface area contributed by atoms with Crippen molar-refractivity contribution in [2.75, 3.05) is 11.9 Å². The standard InChI is InChI=1S/C14H16ClN3O/c1-2-7-16-13-8-14(18-10-17-13)19-9-11-3-5-12(15)6-4-11/h3-6,8,10H,2,7,9H2,1H3,(H,16,17,18). The Morgan fingerprint density at radius 3 is 2.74 bits per heavy atom. The molecule has 100 valence electrons. The fourth-order valence-electron chi connectivity index (χ4n) is 1.51. The van der Waals surface area contributed by atoms with Crippen molar-refractivity contribution < 1.29 is 4.74 Å². The van der Waals surface area contributed by atoms with E-state index in [2.05, 4.69) is 22.2 Å². The van der Waals surface area contributed by atoms with Gasteiger partial charge >= 0.3 is 0 Å². The molecule has 19 heavy (non-hydrogen) atoms. The van der Waals surface area contributed by atoms with Crippen LogP contribution in [0.2, 0.25) is 5.02 Å². The molecule has 0 saturated heterocycles. The molecule has 2 aromatic rings. The number of aromatic nitrogens is 2. The molecule has 0 aliphatic rings. The van der Waals surface area contributed by atoms with Gasteiger partial charge in [-0.25, -0.2) is 9.97 Å². The summed E-state index contributed by atoms with van der Waals surface area (Å²) < 4.78 is 5.62. The van der Waals surface area contributed by atoms with Crippen LogP contribution in [0.25, 0.3) is 0 Å². The molecule has 1 N–H and O–H groups in total. The van der Waals surface area contributed by atoms with E-state index in [4.69, 9.17) is 16.3 Å². The number of halogens is 1. The van der Waals surface area contributed by atoms with Gasteiger partial charge in [0.25, 0.3) is 0 Å². The van der Waals surface area contributed by atoms with E-state index >= 15 is 0 Å². The molecule has 1 heterocycles. The minimum Gasteiger partial charge on any atom is -0.473 e. The number of hydrogen-bond acceptors (Lipinski definition) is 4. The SMILES string of the molecule is CCCNc1cc(OCc2ccc(Cl)cc2)ncn1. The van der Waals surface area contributed by atoms with E-state index in [-0.39, 0.29) is 0 Å². The molecule has 0 amide bonds. The molecule has 0 atom stereocenters. The normalized spacial score (nSPS) is 10.2. The third-order valence-electron chi connectivity index (χ3n) is 2.50. The number of nitrogens with one attached hydrogen (secondary N) is 1. The van der Waals surface area contributed by atoms with Crippen molar-refractivity contribution in [1.29, 1.82) is 0 Å². The van der Waals surface area contributed by atoms with Crippen LogP contribution in [0.1, 0.15) is 18.9 Å². The number of hydrogen-bond donors (Lipinski definition) is 1. The zero-order valence-electron chi connectivity index (χ0n) is 10.8. The summed E-state index contributed by atoms with van der Waals surface area (Å²) in [5, 5.41) is 3.91. The van der Waals surface area contributed by atoms with Gasteiger partial charge in [-0.1, -0.05) is 30.7 Å². The van der Waals surface area contributed by atoms with Crippen LogP contribution >= 0.6 is 11.6 Å². The number of rotatable bonds is 6. The van der Waals surface area contributed by atoms with Gasteiger partial charge in [0, 0.05) is 17.6 Å². The molecule has 0 saturated carbocycles. The molecule has 0 aliphatic carbocycles. The number of ether oxygens (including phenoxy) is 1. The zero-order valence-corrected chi connectivity index (χ0v) is 11.5. The van der Waals surface area contributed by atoms with Crippen molar-refractivity contribution in [2.45, 2.75) is 20.0 Å². The first-order chi connectivity index (χ1) is 9.28. The Labute approximate surface area is 117 Å². The lowest BCUT2D eigenvalue weighted by molar-refractivity contribution is 0.293. The van der Waals surface area contributed by atoms with Gasteiger partial charge in [0.2, 0.25) is 5.88 Å². The molecule has 0 bridgehead atoms. The molecule has 0 aliphatic heterocycles. The van der Waals surface area contributed by atoms with E-state index < -0.39 is 0 Å². The van der Waals surface area contributed by atoms with Crippen LogP contribution in [0, 0.1) is 0 Å². The topological polar surface area (TPSA) is 47.0 Å². The summed E-state index contributed by atoms with van der Waals surface area (Å²) in [7, 11) is 0. The van der Waals surface area contributed by atoms with Crippen molar-refractivity contribution >= 4 is 17.4 Å². The van der Waals surface area contributed by atoms with Gasteiger partial charge in [0.1, 0.15) is 18.8 Å². The second kappa shape index (κ2) is 6.95. The lowest BCUT2D eigenvalue weighted by Gasteiger charge is -2.07. The molecule has 5 heteroatoms. The Hall–Kier alpha value is -1.81. The van der Waals surface area contributed by atoms with Gasteiger partial charge in [0.05, 0.1) is 0 Å². The fraction of sp³-hybridized carbons (Fsp3) is 0.286. The second-order valence-corrected chi connectivity index (χ2v) is 4.52. The van der Waals surface area contributed by atoms with Crippen molar-refractivity contribution in [2.24, 2.45) is 0 Å². The predicted octanol–water partition coefficient (Wildman–Crippen LogP) is 3.53. The third-order valence-corrected chi connectivity index (χ3v) is 2.75. The van der Waals surface area contributed by atoms with E-state index in [1.54, 1.807) is 6.07 Å². The Balaban J connectivity index is 1.93. The highest BCUT2D eigenvalue weighted by atomic mass is 35.5. The molecule has 0 fully saturated rings. The summed E-state index contributed by atoms with van der Waals surface area (Å²) in [6, 6.07) is 9.34. The number of nitrogens with zero attached hydrogens (tertiary/aromatic N) is 2. The highest BCUT2D eigenvalue weighted by Gasteiger charge is 2.00. The van der Waals surface area contributed by atoms with Crippen LogP contribution in [0.4, 0.5) is 5.82 Å².